The number of likely N-dealkylation sites (N-methyl/N-ethyl adjacent to an activating group) is 1. The highest BCUT2D eigenvalue weighted by Crippen LogP contribution is 2.50. The van der Waals surface area contributed by atoms with E-state index in [9.17, 15) is 18.0 Å². The average Bonchev–Trinajstić information content (AvgIpc) is 3.23. The fourth-order valence-corrected chi connectivity index (χ4v) is 6.30. The summed E-state index contributed by atoms with van der Waals surface area (Å²) < 4.78 is 51.0. The molecule has 1 saturated heterocycles. The molecule has 0 unspecified atom stereocenters. The van der Waals surface area contributed by atoms with Crippen LogP contribution < -0.4 is 14.8 Å². The van der Waals surface area contributed by atoms with Crippen LogP contribution in [-0.4, -0.2) is 62.3 Å². The first-order valence-electron chi connectivity index (χ1n) is 12.5. The van der Waals surface area contributed by atoms with E-state index in [0.29, 0.717) is 11.5 Å². The van der Waals surface area contributed by atoms with Crippen molar-refractivity contribution in [3.8, 4) is 11.5 Å². The SMILES string of the molecule is C=CCN(C(=O)Nc1ccc(Cl)c(C(F)(F)F)c1)[C@@H]1CC[C@@]2(c3ccc(OC)c(OC)c3)CCN(C)[C@H]2C1. The number of urea groups is 1. The molecule has 1 heterocycles. The Hall–Kier alpha value is -2.91. The van der Waals surface area contributed by atoms with Gasteiger partial charge in [-0.15, -0.1) is 6.58 Å². The molecule has 1 aliphatic carbocycles. The maximum atomic E-state index is 13.3. The van der Waals surface area contributed by atoms with Crippen molar-refractivity contribution in [1.82, 2.24) is 9.80 Å². The summed E-state index contributed by atoms with van der Waals surface area (Å²) in [4.78, 5) is 17.3. The number of carbonyl (C=O) groups is 1. The van der Waals surface area contributed by atoms with Crippen LogP contribution in [0.3, 0.4) is 0 Å². The predicted octanol–water partition coefficient (Wildman–Crippen LogP) is 6.59. The first kappa shape index (κ1) is 28.1. The number of amides is 2. The van der Waals surface area contributed by atoms with Crippen molar-refractivity contribution in [1.29, 1.82) is 0 Å². The van der Waals surface area contributed by atoms with Gasteiger partial charge in [0.15, 0.2) is 11.5 Å². The zero-order valence-corrected chi connectivity index (χ0v) is 22.5. The normalized spacial score (nSPS) is 23.4. The molecular formula is C28H33ClF3N3O3. The molecule has 1 N–H and O–H groups in total. The van der Waals surface area contributed by atoms with Gasteiger partial charge >= 0.3 is 12.2 Å². The number of halogens is 4. The third-order valence-electron chi connectivity index (χ3n) is 8.01. The minimum atomic E-state index is -4.62. The highest BCUT2D eigenvalue weighted by Gasteiger charge is 2.51. The number of carbonyl (C=O) groups excluding carboxylic acids is 1. The lowest BCUT2D eigenvalue weighted by Gasteiger charge is -2.47. The van der Waals surface area contributed by atoms with Gasteiger partial charge in [0.2, 0.25) is 0 Å². The number of ether oxygens (including phenoxy) is 2. The van der Waals surface area contributed by atoms with Crippen molar-refractivity contribution in [2.45, 2.75) is 49.4 Å². The molecule has 4 rings (SSSR count). The van der Waals surface area contributed by atoms with Crippen molar-refractivity contribution in [3.05, 3.63) is 65.2 Å². The summed E-state index contributed by atoms with van der Waals surface area (Å²) in [5.41, 5.74) is 0.133. The second-order valence-corrected chi connectivity index (χ2v) is 10.4. The second kappa shape index (κ2) is 11.1. The Labute approximate surface area is 226 Å². The van der Waals surface area contributed by atoms with E-state index in [1.807, 2.05) is 6.07 Å². The van der Waals surface area contributed by atoms with Gasteiger partial charge in [-0.2, -0.15) is 13.2 Å². The lowest BCUT2D eigenvalue weighted by molar-refractivity contribution is -0.137. The van der Waals surface area contributed by atoms with Gasteiger partial charge in [-0.3, -0.25) is 0 Å². The molecule has 0 aromatic heterocycles. The van der Waals surface area contributed by atoms with E-state index in [1.165, 1.54) is 11.6 Å². The molecule has 1 saturated carbocycles. The van der Waals surface area contributed by atoms with Crippen LogP contribution in [0.5, 0.6) is 11.5 Å². The molecule has 2 aromatic carbocycles. The maximum absolute atomic E-state index is 13.3. The minimum Gasteiger partial charge on any atom is -0.493 e. The summed E-state index contributed by atoms with van der Waals surface area (Å²) in [6.07, 6.45) is 0.311. The topological polar surface area (TPSA) is 54.0 Å². The molecule has 0 bridgehead atoms. The van der Waals surface area contributed by atoms with E-state index in [0.717, 1.165) is 44.4 Å². The molecular weight excluding hydrogens is 519 g/mol. The third-order valence-corrected chi connectivity index (χ3v) is 8.34. The molecule has 0 spiro atoms. The van der Waals surface area contributed by atoms with Gasteiger partial charge < -0.3 is 24.6 Å². The van der Waals surface area contributed by atoms with Gasteiger partial charge in [0.05, 0.1) is 24.8 Å². The number of fused-ring (bicyclic) bond motifs is 1. The first-order chi connectivity index (χ1) is 18.0. The van der Waals surface area contributed by atoms with Crippen LogP contribution in [0.2, 0.25) is 5.02 Å². The standard InChI is InChI=1S/C28H33ClF3N3O3/c1-5-13-35(26(36)33-19-7-8-22(29)21(16-19)28(30,31)32)20-10-11-27(12-14-34(2)25(27)17-20)18-6-9-23(37-3)24(15-18)38-4/h5-9,15-16,20,25H,1,10-14,17H2,2-4H3,(H,33,36)/t20-,25+,27+/m1/s1. The lowest BCUT2D eigenvalue weighted by Crippen LogP contribution is -2.53. The number of methoxy groups -OCH3 is 2. The number of alkyl halides is 3. The molecule has 2 aliphatic rings. The van der Waals surface area contributed by atoms with Gasteiger partial charge in [0.25, 0.3) is 0 Å². The largest absolute Gasteiger partial charge is 0.493 e. The monoisotopic (exact) mass is 551 g/mol. The van der Waals surface area contributed by atoms with Crippen molar-refractivity contribution in [2.24, 2.45) is 0 Å². The number of rotatable bonds is 7. The van der Waals surface area contributed by atoms with Crippen molar-refractivity contribution in [2.75, 3.05) is 39.7 Å². The van der Waals surface area contributed by atoms with Gasteiger partial charge in [0.1, 0.15) is 0 Å². The van der Waals surface area contributed by atoms with Crippen molar-refractivity contribution >= 4 is 23.3 Å². The van der Waals surface area contributed by atoms with Crippen molar-refractivity contribution < 1.29 is 27.4 Å². The van der Waals surface area contributed by atoms with Gasteiger partial charge in [0, 0.05) is 29.7 Å². The van der Waals surface area contributed by atoms with Crippen LogP contribution in [0, 0.1) is 0 Å². The predicted molar refractivity (Wildman–Crippen MR) is 142 cm³/mol. The van der Waals surface area contributed by atoms with E-state index in [1.54, 1.807) is 25.2 Å². The Bertz CT molecular complexity index is 1190. The van der Waals surface area contributed by atoms with Gasteiger partial charge in [-0.1, -0.05) is 23.7 Å². The fourth-order valence-electron chi connectivity index (χ4n) is 6.08. The maximum Gasteiger partial charge on any atom is 0.417 e. The molecule has 2 fully saturated rings. The Morgan fingerprint density at radius 2 is 1.95 bits per heavy atom. The molecule has 2 aromatic rings. The zero-order chi connectivity index (χ0) is 27.7. The Balaban J connectivity index is 1.57. The van der Waals surface area contributed by atoms with Crippen molar-refractivity contribution in [3.63, 3.8) is 0 Å². The van der Waals surface area contributed by atoms with E-state index in [-0.39, 0.29) is 29.7 Å². The third kappa shape index (κ3) is 5.31. The van der Waals surface area contributed by atoms with E-state index in [2.05, 4.69) is 36.0 Å². The number of benzene rings is 2. The number of anilines is 1. The highest BCUT2D eigenvalue weighted by atomic mass is 35.5. The quantitative estimate of drug-likeness (QED) is 0.394. The number of hydrogen-bond acceptors (Lipinski definition) is 4. The molecule has 10 heteroatoms. The number of likely N-dealkylation sites (tertiary alicyclic amines) is 1. The minimum absolute atomic E-state index is 0.0363. The Kier molecular flexibility index (Phi) is 8.18. The molecule has 0 radical (unpaired) electrons. The summed E-state index contributed by atoms with van der Waals surface area (Å²) in [5, 5.41) is 2.22. The zero-order valence-electron chi connectivity index (χ0n) is 21.8. The lowest BCUT2D eigenvalue weighted by atomic mass is 9.64. The molecule has 38 heavy (non-hydrogen) atoms. The van der Waals surface area contributed by atoms with Crippen LogP contribution >= 0.6 is 11.6 Å². The number of nitrogens with zero attached hydrogens (tertiary/aromatic N) is 2. The summed E-state index contributed by atoms with van der Waals surface area (Å²) in [6, 6.07) is 9.05. The highest BCUT2D eigenvalue weighted by molar-refractivity contribution is 6.31. The van der Waals surface area contributed by atoms with Crippen LogP contribution in [0.25, 0.3) is 0 Å². The van der Waals surface area contributed by atoms with Crippen LogP contribution in [-0.2, 0) is 11.6 Å². The van der Waals surface area contributed by atoms with E-state index < -0.39 is 22.8 Å². The fraction of sp³-hybridized carbons (Fsp3) is 0.464. The van der Waals surface area contributed by atoms with E-state index in [4.69, 9.17) is 21.1 Å². The summed E-state index contributed by atoms with van der Waals surface area (Å²) in [7, 11) is 5.33. The second-order valence-electron chi connectivity index (χ2n) is 9.96. The summed E-state index contributed by atoms with van der Waals surface area (Å²) in [5.74, 6) is 1.36. The number of hydrogen-bond donors (Lipinski definition) is 1. The van der Waals surface area contributed by atoms with Gasteiger partial charge in [-0.05, 0) is 75.2 Å². The van der Waals surface area contributed by atoms with Crippen LogP contribution in [0.4, 0.5) is 23.7 Å². The molecule has 206 valence electrons. The van der Waals surface area contributed by atoms with E-state index >= 15 is 0 Å². The smallest absolute Gasteiger partial charge is 0.417 e. The molecule has 3 atom stereocenters. The summed E-state index contributed by atoms with van der Waals surface area (Å²) >= 11 is 5.74. The Morgan fingerprint density at radius 1 is 1.21 bits per heavy atom. The first-order valence-corrected chi connectivity index (χ1v) is 12.9. The molecule has 1 aliphatic heterocycles. The molecule has 6 nitrogen and oxygen atoms in total. The molecule has 2 amide bonds. The van der Waals surface area contributed by atoms with Crippen LogP contribution in [0.1, 0.15) is 36.8 Å². The van der Waals surface area contributed by atoms with Crippen LogP contribution in [0.15, 0.2) is 49.1 Å². The Morgan fingerprint density at radius 3 is 2.61 bits per heavy atom. The number of nitrogens with one attached hydrogen (secondary N) is 1. The summed E-state index contributed by atoms with van der Waals surface area (Å²) in [6.45, 7) is 4.99. The van der Waals surface area contributed by atoms with Gasteiger partial charge in [-0.25, -0.2) is 4.79 Å². The average molecular weight is 552 g/mol.